The van der Waals surface area contributed by atoms with Crippen molar-refractivity contribution in [3.8, 4) is 0 Å². The second-order valence-electron chi connectivity index (χ2n) is 4.06. The molecule has 1 N–H and O–H groups in total. The van der Waals surface area contributed by atoms with Crippen molar-refractivity contribution in [1.29, 1.82) is 0 Å². The normalized spacial score (nSPS) is 20.2. The molecular weight excluding hydrogens is 228 g/mol. The van der Waals surface area contributed by atoms with Crippen molar-refractivity contribution in [2.24, 2.45) is 5.92 Å². The predicted octanol–water partition coefficient (Wildman–Crippen LogP) is 2.81. The molecule has 0 radical (unpaired) electrons. The van der Waals surface area contributed by atoms with Gasteiger partial charge in [0, 0.05) is 12.1 Å². The van der Waals surface area contributed by atoms with E-state index in [1.165, 1.54) is 30.4 Å². The van der Waals surface area contributed by atoms with Crippen molar-refractivity contribution in [1.82, 2.24) is 5.32 Å². The first-order valence-electron chi connectivity index (χ1n) is 5.48. The van der Waals surface area contributed by atoms with Crippen molar-refractivity contribution in [3.63, 3.8) is 0 Å². The van der Waals surface area contributed by atoms with Crippen molar-refractivity contribution < 1.29 is 8.78 Å². The molecule has 1 aliphatic rings. The topological polar surface area (TPSA) is 12.0 Å². The summed E-state index contributed by atoms with van der Waals surface area (Å²) in [6, 6.07) is 3.98. The van der Waals surface area contributed by atoms with Gasteiger partial charge in [-0.25, -0.2) is 8.78 Å². The third-order valence-corrected chi connectivity index (χ3v) is 4.05. The number of hydrogen-bond acceptors (Lipinski definition) is 2. The molecule has 0 spiro atoms. The van der Waals surface area contributed by atoms with E-state index in [2.05, 4.69) is 5.32 Å². The van der Waals surface area contributed by atoms with Gasteiger partial charge in [-0.3, -0.25) is 0 Å². The molecule has 0 aliphatic carbocycles. The van der Waals surface area contributed by atoms with E-state index < -0.39 is 11.6 Å². The quantitative estimate of drug-likeness (QED) is 0.872. The first-order valence-corrected chi connectivity index (χ1v) is 6.64. The van der Waals surface area contributed by atoms with Gasteiger partial charge in [0.1, 0.15) is 11.6 Å². The van der Waals surface area contributed by atoms with Crippen LogP contribution in [-0.4, -0.2) is 18.1 Å². The van der Waals surface area contributed by atoms with Crippen LogP contribution in [0, 0.1) is 17.6 Å². The Morgan fingerprint density at radius 1 is 1.31 bits per heavy atom. The molecule has 0 saturated carbocycles. The lowest BCUT2D eigenvalue weighted by molar-refractivity contribution is 0.494. The molecule has 2 rings (SSSR count). The van der Waals surface area contributed by atoms with Crippen molar-refractivity contribution in [2.75, 3.05) is 18.1 Å². The summed E-state index contributed by atoms with van der Waals surface area (Å²) in [5.41, 5.74) is 0.146. The Balaban J connectivity index is 1.84. The lowest BCUT2D eigenvalue weighted by Crippen LogP contribution is -2.23. The average molecular weight is 243 g/mol. The molecule has 1 nitrogen and oxygen atoms in total. The maximum Gasteiger partial charge on any atom is 0.130 e. The van der Waals surface area contributed by atoms with Gasteiger partial charge in [-0.15, -0.1) is 0 Å². The molecule has 0 bridgehead atoms. The Kier molecular flexibility index (Phi) is 4.18. The second-order valence-corrected chi connectivity index (χ2v) is 5.21. The summed E-state index contributed by atoms with van der Waals surface area (Å²) in [5.74, 6) is 2.09. The van der Waals surface area contributed by atoms with E-state index in [1.54, 1.807) is 0 Å². The van der Waals surface area contributed by atoms with Gasteiger partial charge in [0.25, 0.3) is 0 Å². The van der Waals surface area contributed by atoms with Crippen molar-refractivity contribution in [2.45, 2.75) is 13.0 Å². The SMILES string of the molecule is Fc1cccc(F)c1CNCC1CCSC1. The molecule has 1 saturated heterocycles. The van der Waals surface area contributed by atoms with Gasteiger partial charge < -0.3 is 5.32 Å². The van der Waals surface area contributed by atoms with E-state index in [-0.39, 0.29) is 12.1 Å². The highest BCUT2D eigenvalue weighted by molar-refractivity contribution is 7.99. The summed E-state index contributed by atoms with van der Waals surface area (Å²) in [6.07, 6.45) is 1.21. The Morgan fingerprint density at radius 3 is 2.69 bits per heavy atom. The molecule has 1 unspecified atom stereocenters. The van der Waals surface area contributed by atoms with Gasteiger partial charge in [0.05, 0.1) is 0 Å². The molecule has 0 amide bonds. The minimum atomic E-state index is -0.465. The lowest BCUT2D eigenvalue weighted by atomic mass is 10.1. The molecule has 1 fully saturated rings. The molecule has 0 aromatic heterocycles. The van der Waals surface area contributed by atoms with Crippen molar-refractivity contribution in [3.05, 3.63) is 35.4 Å². The fourth-order valence-corrected chi connectivity index (χ4v) is 3.13. The molecule has 16 heavy (non-hydrogen) atoms. The Hall–Kier alpha value is -0.610. The van der Waals surface area contributed by atoms with Crippen LogP contribution < -0.4 is 5.32 Å². The monoisotopic (exact) mass is 243 g/mol. The zero-order valence-electron chi connectivity index (χ0n) is 9.01. The molecule has 88 valence electrons. The van der Waals surface area contributed by atoms with Crippen LogP contribution in [0.25, 0.3) is 0 Å². The highest BCUT2D eigenvalue weighted by Gasteiger charge is 2.15. The van der Waals surface area contributed by atoms with Gasteiger partial charge >= 0.3 is 0 Å². The molecule has 1 aromatic carbocycles. The number of rotatable bonds is 4. The summed E-state index contributed by atoms with van der Waals surface area (Å²) < 4.78 is 26.5. The third kappa shape index (κ3) is 2.95. The minimum Gasteiger partial charge on any atom is -0.312 e. The number of halogens is 2. The van der Waals surface area contributed by atoms with E-state index in [9.17, 15) is 8.78 Å². The van der Waals surface area contributed by atoms with Crippen LogP contribution in [0.15, 0.2) is 18.2 Å². The Morgan fingerprint density at radius 2 is 2.06 bits per heavy atom. The predicted molar refractivity (Wildman–Crippen MR) is 63.5 cm³/mol. The standard InChI is InChI=1S/C12H15F2NS/c13-11-2-1-3-12(14)10(11)7-15-6-9-4-5-16-8-9/h1-3,9,15H,4-8H2. The van der Waals surface area contributed by atoms with Gasteiger partial charge in [-0.1, -0.05) is 6.07 Å². The van der Waals surface area contributed by atoms with E-state index in [0.29, 0.717) is 5.92 Å². The average Bonchev–Trinajstić information content (AvgIpc) is 2.75. The highest BCUT2D eigenvalue weighted by atomic mass is 32.2. The molecule has 1 atom stereocenters. The van der Waals surface area contributed by atoms with Gasteiger partial charge in [0.15, 0.2) is 0 Å². The summed E-state index contributed by atoms with van der Waals surface area (Å²) >= 11 is 1.95. The molecular formula is C12H15F2NS. The summed E-state index contributed by atoms with van der Waals surface area (Å²) in [5, 5.41) is 3.13. The van der Waals surface area contributed by atoms with E-state index in [4.69, 9.17) is 0 Å². The largest absolute Gasteiger partial charge is 0.312 e. The van der Waals surface area contributed by atoms with Gasteiger partial charge in [-0.05, 0) is 42.5 Å². The molecule has 1 heterocycles. The number of hydrogen-bond donors (Lipinski definition) is 1. The maximum atomic E-state index is 13.3. The lowest BCUT2D eigenvalue weighted by Gasteiger charge is -2.10. The third-order valence-electron chi connectivity index (χ3n) is 2.82. The Labute approximate surface area is 98.6 Å². The smallest absolute Gasteiger partial charge is 0.130 e. The summed E-state index contributed by atoms with van der Waals surface area (Å²) in [7, 11) is 0. The maximum absolute atomic E-state index is 13.3. The fourth-order valence-electron chi connectivity index (χ4n) is 1.85. The zero-order valence-corrected chi connectivity index (χ0v) is 9.83. The van der Waals surface area contributed by atoms with Gasteiger partial charge in [0.2, 0.25) is 0 Å². The first kappa shape index (κ1) is 11.9. The highest BCUT2D eigenvalue weighted by Crippen LogP contribution is 2.22. The number of thioether (sulfide) groups is 1. The van der Waals surface area contributed by atoms with E-state index in [1.807, 2.05) is 11.8 Å². The van der Waals surface area contributed by atoms with Crippen LogP contribution in [0.2, 0.25) is 0 Å². The molecule has 1 aliphatic heterocycles. The summed E-state index contributed by atoms with van der Waals surface area (Å²) in [6.45, 7) is 1.13. The molecule has 1 aromatic rings. The number of nitrogens with one attached hydrogen (secondary N) is 1. The molecule has 4 heteroatoms. The van der Waals surface area contributed by atoms with Crippen LogP contribution in [0.3, 0.4) is 0 Å². The van der Waals surface area contributed by atoms with E-state index in [0.717, 1.165) is 12.3 Å². The second kappa shape index (κ2) is 5.64. The fraction of sp³-hybridized carbons (Fsp3) is 0.500. The van der Waals surface area contributed by atoms with Crippen LogP contribution in [0.5, 0.6) is 0 Å². The number of benzene rings is 1. The van der Waals surface area contributed by atoms with Crippen LogP contribution >= 0.6 is 11.8 Å². The minimum absolute atomic E-state index is 0.146. The van der Waals surface area contributed by atoms with Crippen molar-refractivity contribution >= 4 is 11.8 Å². The Bertz CT molecular complexity index is 331. The van der Waals surface area contributed by atoms with Gasteiger partial charge in [-0.2, -0.15) is 11.8 Å². The van der Waals surface area contributed by atoms with Crippen LogP contribution in [0.1, 0.15) is 12.0 Å². The van der Waals surface area contributed by atoms with Crippen LogP contribution in [0.4, 0.5) is 8.78 Å². The van der Waals surface area contributed by atoms with Crippen LogP contribution in [-0.2, 0) is 6.54 Å². The summed E-state index contributed by atoms with van der Waals surface area (Å²) in [4.78, 5) is 0. The van der Waals surface area contributed by atoms with E-state index >= 15 is 0 Å². The zero-order chi connectivity index (χ0) is 11.4. The first-order chi connectivity index (χ1) is 7.77.